The largest absolute Gasteiger partial charge is 0.337 e. The summed E-state index contributed by atoms with van der Waals surface area (Å²) in [7, 11) is 0. The average molecular weight is 330 g/mol. The molecule has 0 radical (unpaired) electrons. The fourth-order valence-electron chi connectivity index (χ4n) is 4.56. The number of Topliss-reactive ketones (excluding diaryl/α,β-unsaturated/α-hetero) is 1. The van der Waals surface area contributed by atoms with Crippen LogP contribution in [0.15, 0.2) is 18.2 Å². The quantitative estimate of drug-likeness (QED) is 0.686. The Bertz CT molecular complexity index is 740. The standard InChI is InChI=1S/C20H24ClNO/c21-11-12-22-18-10-9-15(14-5-2-1-3-6-14)13-17(18)16-7-4-8-19(23)20(16)22/h9-10,13-14H,1-8,11-12H2. The van der Waals surface area contributed by atoms with E-state index in [1.807, 2.05) is 0 Å². The van der Waals surface area contributed by atoms with Gasteiger partial charge in [-0.2, -0.15) is 0 Å². The smallest absolute Gasteiger partial charge is 0.179 e. The molecule has 23 heavy (non-hydrogen) atoms. The van der Waals surface area contributed by atoms with Gasteiger partial charge in [0.2, 0.25) is 0 Å². The molecule has 1 fully saturated rings. The minimum atomic E-state index is 0.298. The molecule has 1 heterocycles. The van der Waals surface area contributed by atoms with E-state index >= 15 is 0 Å². The van der Waals surface area contributed by atoms with E-state index in [0.29, 0.717) is 24.0 Å². The van der Waals surface area contributed by atoms with Crippen LogP contribution in [0.25, 0.3) is 10.9 Å². The molecule has 3 heteroatoms. The number of carbonyl (C=O) groups is 1. The van der Waals surface area contributed by atoms with Gasteiger partial charge in [-0.05, 0) is 54.9 Å². The van der Waals surface area contributed by atoms with E-state index < -0.39 is 0 Å². The van der Waals surface area contributed by atoms with Gasteiger partial charge in [-0.15, -0.1) is 11.6 Å². The van der Waals surface area contributed by atoms with E-state index in [-0.39, 0.29) is 0 Å². The van der Waals surface area contributed by atoms with Gasteiger partial charge in [-0.3, -0.25) is 4.79 Å². The first kappa shape index (κ1) is 15.3. The maximum atomic E-state index is 12.5. The molecule has 0 saturated heterocycles. The molecule has 0 bridgehead atoms. The lowest BCUT2D eigenvalue weighted by Gasteiger charge is -2.22. The zero-order valence-corrected chi connectivity index (χ0v) is 14.4. The Kier molecular flexibility index (Phi) is 4.19. The third-order valence-electron chi connectivity index (χ3n) is 5.67. The van der Waals surface area contributed by atoms with Crippen molar-refractivity contribution < 1.29 is 4.79 Å². The summed E-state index contributed by atoms with van der Waals surface area (Å²) in [5.74, 6) is 1.56. The molecule has 2 aromatic rings. The Balaban J connectivity index is 1.85. The number of aryl methyl sites for hydroxylation is 2. The Hall–Kier alpha value is -1.28. The Morgan fingerprint density at radius 3 is 2.70 bits per heavy atom. The maximum Gasteiger partial charge on any atom is 0.179 e. The van der Waals surface area contributed by atoms with Gasteiger partial charge in [-0.25, -0.2) is 0 Å². The van der Waals surface area contributed by atoms with E-state index in [9.17, 15) is 4.79 Å². The number of nitrogens with zero attached hydrogens (tertiary/aromatic N) is 1. The van der Waals surface area contributed by atoms with Crippen molar-refractivity contribution in [3.05, 3.63) is 35.0 Å². The molecule has 1 aromatic carbocycles. The van der Waals surface area contributed by atoms with Gasteiger partial charge in [-0.1, -0.05) is 25.3 Å². The minimum absolute atomic E-state index is 0.298. The molecule has 2 aliphatic rings. The molecule has 2 nitrogen and oxygen atoms in total. The van der Waals surface area contributed by atoms with Crippen molar-refractivity contribution in [3.8, 4) is 0 Å². The minimum Gasteiger partial charge on any atom is -0.337 e. The Morgan fingerprint density at radius 2 is 1.91 bits per heavy atom. The molecule has 0 unspecified atom stereocenters. The summed E-state index contributed by atoms with van der Waals surface area (Å²) in [6.45, 7) is 0.724. The third-order valence-corrected chi connectivity index (χ3v) is 5.84. The number of hydrogen-bond donors (Lipinski definition) is 0. The van der Waals surface area contributed by atoms with Crippen LogP contribution in [0.4, 0.5) is 0 Å². The molecule has 0 atom stereocenters. The molecule has 122 valence electrons. The van der Waals surface area contributed by atoms with Crippen LogP contribution in [0.3, 0.4) is 0 Å². The fraction of sp³-hybridized carbons (Fsp3) is 0.550. The zero-order valence-electron chi connectivity index (χ0n) is 13.6. The van der Waals surface area contributed by atoms with E-state index in [1.54, 1.807) is 0 Å². The monoisotopic (exact) mass is 329 g/mol. The van der Waals surface area contributed by atoms with Crippen LogP contribution in [0.5, 0.6) is 0 Å². The Labute approximate surface area is 142 Å². The van der Waals surface area contributed by atoms with Crippen LogP contribution in [0.1, 0.15) is 72.5 Å². The van der Waals surface area contributed by atoms with Crippen molar-refractivity contribution in [3.63, 3.8) is 0 Å². The first-order chi connectivity index (χ1) is 11.3. The molecule has 0 aliphatic heterocycles. The van der Waals surface area contributed by atoms with Gasteiger partial charge in [0.05, 0.1) is 5.69 Å². The first-order valence-corrected chi connectivity index (χ1v) is 9.57. The molecular formula is C20H24ClNO. The molecule has 1 saturated carbocycles. The van der Waals surface area contributed by atoms with Crippen LogP contribution >= 0.6 is 11.6 Å². The summed E-state index contributed by atoms with van der Waals surface area (Å²) in [5, 5.41) is 1.31. The van der Waals surface area contributed by atoms with Crippen molar-refractivity contribution in [1.82, 2.24) is 4.57 Å². The number of benzene rings is 1. The number of halogens is 1. The number of aromatic nitrogens is 1. The maximum absolute atomic E-state index is 12.5. The zero-order chi connectivity index (χ0) is 15.8. The van der Waals surface area contributed by atoms with Crippen LogP contribution in [-0.4, -0.2) is 16.2 Å². The number of ketones is 1. The number of hydrogen-bond acceptors (Lipinski definition) is 1. The van der Waals surface area contributed by atoms with E-state index in [2.05, 4.69) is 22.8 Å². The second kappa shape index (κ2) is 6.32. The normalized spacial score (nSPS) is 19.3. The SMILES string of the molecule is O=C1CCCc2c1n(CCCl)c1ccc(C3CCCCC3)cc21. The fourth-order valence-corrected chi connectivity index (χ4v) is 4.73. The summed E-state index contributed by atoms with van der Waals surface area (Å²) >= 11 is 6.00. The summed E-state index contributed by atoms with van der Waals surface area (Å²) in [4.78, 5) is 12.5. The summed E-state index contributed by atoms with van der Waals surface area (Å²) in [5.41, 5.74) is 4.89. The highest BCUT2D eigenvalue weighted by atomic mass is 35.5. The lowest BCUT2D eigenvalue weighted by molar-refractivity contribution is 0.0964. The number of fused-ring (bicyclic) bond motifs is 3. The van der Waals surface area contributed by atoms with E-state index in [4.69, 9.17) is 11.6 Å². The first-order valence-electron chi connectivity index (χ1n) is 9.04. The van der Waals surface area contributed by atoms with E-state index in [1.165, 1.54) is 54.1 Å². The third kappa shape index (κ3) is 2.61. The lowest BCUT2D eigenvalue weighted by atomic mass is 9.83. The van der Waals surface area contributed by atoms with Crippen molar-refractivity contribution >= 4 is 28.3 Å². The highest BCUT2D eigenvalue weighted by Crippen LogP contribution is 2.37. The van der Waals surface area contributed by atoms with Crippen LogP contribution < -0.4 is 0 Å². The molecule has 1 aromatic heterocycles. The molecule has 0 spiro atoms. The second-order valence-electron chi connectivity index (χ2n) is 7.06. The van der Waals surface area contributed by atoms with Crippen molar-refractivity contribution in [1.29, 1.82) is 0 Å². The van der Waals surface area contributed by atoms with Gasteiger partial charge < -0.3 is 4.57 Å². The average Bonchev–Trinajstić information content (AvgIpc) is 2.91. The predicted molar refractivity (Wildman–Crippen MR) is 95.8 cm³/mol. The van der Waals surface area contributed by atoms with Gasteiger partial charge in [0.25, 0.3) is 0 Å². The number of alkyl halides is 1. The predicted octanol–water partition coefficient (Wildman–Crippen LogP) is 5.45. The molecule has 0 amide bonds. The highest BCUT2D eigenvalue weighted by molar-refractivity contribution is 6.18. The summed E-state index contributed by atoms with van der Waals surface area (Å²) in [6.07, 6.45) is 9.42. The second-order valence-corrected chi connectivity index (χ2v) is 7.43. The summed E-state index contributed by atoms with van der Waals surface area (Å²) < 4.78 is 2.17. The lowest BCUT2D eigenvalue weighted by Crippen LogP contribution is -2.15. The van der Waals surface area contributed by atoms with Crippen LogP contribution in [0, 0.1) is 0 Å². The van der Waals surface area contributed by atoms with Crippen molar-refractivity contribution in [2.75, 3.05) is 5.88 Å². The summed E-state index contributed by atoms with van der Waals surface area (Å²) in [6, 6.07) is 6.91. The van der Waals surface area contributed by atoms with Gasteiger partial charge >= 0.3 is 0 Å². The molecule has 2 aliphatic carbocycles. The van der Waals surface area contributed by atoms with Gasteiger partial charge in [0.15, 0.2) is 5.78 Å². The van der Waals surface area contributed by atoms with Gasteiger partial charge in [0.1, 0.15) is 0 Å². The van der Waals surface area contributed by atoms with E-state index in [0.717, 1.165) is 25.1 Å². The number of rotatable bonds is 3. The topological polar surface area (TPSA) is 22.0 Å². The van der Waals surface area contributed by atoms with Crippen LogP contribution in [0.2, 0.25) is 0 Å². The highest BCUT2D eigenvalue weighted by Gasteiger charge is 2.26. The molecule has 4 rings (SSSR count). The number of carbonyl (C=O) groups excluding carboxylic acids is 1. The van der Waals surface area contributed by atoms with Gasteiger partial charge in [0, 0.05) is 29.7 Å². The van der Waals surface area contributed by atoms with Crippen molar-refractivity contribution in [2.45, 2.75) is 63.8 Å². The Morgan fingerprint density at radius 1 is 1.09 bits per heavy atom. The molecule has 0 N–H and O–H groups in total. The van der Waals surface area contributed by atoms with Crippen molar-refractivity contribution in [2.24, 2.45) is 0 Å². The molecular weight excluding hydrogens is 306 g/mol. The van der Waals surface area contributed by atoms with Crippen LogP contribution in [-0.2, 0) is 13.0 Å².